The first-order chi connectivity index (χ1) is 12.2. The minimum Gasteiger partial charge on any atom is -0.461 e. The lowest BCUT2D eigenvalue weighted by molar-refractivity contribution is 0.577. The van der Waals surface area contributed by atoms with Crippen molar-refractivity contribution in [3.05, 3.63) is 89.1 Å². The van der Waals surface area contributed by atoms with Crippen molar-refractivity contribution in [1.29, 1.82) is 0 Å². The van der Waals surface area contributed by atoms with Crippen molar-refractivity contribution in [3.8, 4) is 11.1 Å². The van der Waals surface area contributed by atoms with Crippen molar-refractivity contribution in [1.82, 2.24) is 0 Å². The summed E-state index contributed by atoms with van der Waals surface area (Å²) in [6.45, 7) is 5.75. The smallest absolute Gasteiger partial charge is 0.134 e. The van der Waals surface area contributed by atoms with Crippen LogP contribution in [0.2, 0.25) is 0 Å². The molecule has 0 spiro atoms. The Labute approximate surface area is 155 Å². The van der Waals surface area contributed by atoms with Crippen molar-refractivity contribution in [2.75, 3.05) is 0 Å². The molecule has 122 valence electrons. The zero-order chi connectivity index (χ0) is 17.4. The summed E-state index contributed by atoms with van der Waals surface area (Å²) in [7, 11) is 0. The molecule has 1 nitrogen and oxygen atoms in total. The van der Waals surface area contributed by atoms with Crippen molar-refractivity contribution >= 4 is 43.7 Å². The average molecular weight is 389 g/mol. The number of aryl methyl sites for hydroxylation is 1. The maximum atomic E-state index is 5.90. The number of halogens is 1. The molecule has 0 amide bonds. The van der Waals surface area contributed by atoms with Crippen LogP contribution in [0.15, 0.2) is 82.2 Å². The van der Waals surface area contributed by atoms with Crippen LogP contribution in [0.3, 0.4) is 0 Å². The van der Waals surface area contributed by atoms with Crippen LogP contribution in [-0.2, 0) is 0 Å². The molecule has 4 rings (SSSR count). The Hall–Kier alpha value is -2.58. The van der Waals surface area contributed by atoms with Gasteiger partial charge in [0.15, 0.2) is 0 Å². The summed E-state index contributed by atoms with van der Waals surface area (Å²) in [5, 5.41) is 3.58. The van der Waals surface area contributed by atoms with Gasteiger partial charge in [-0.2, -0.15) is 0 Å². The molecular weight excluding hydrogens is 372 g/mol. The van der Waals surface area contributed by atoms with Crippen LogP contribution in [-0.4, -0.2) is 0 Å². The van der Waals surface area contributed by atoms with E-state index in [1.165, 1.54) is 21.9 Å². The van der Waals surface area contributed by atoms with E-state index in [4.69, 9.17) is 4.42 Å². The Morgan fingerprint density at radius 1 is 0.960 bits per heavy atom. The predicted octanol–water partition coefficient (Wildman–Crippen LogP) is 7.52. The van der Waals surface area contributed by atoms with E-state index >= 15 is 0 Å². The molecule has 0 N–H and O–H groups in total. The molecule has 0 aliphatic heterocycles. The summed E-state index contributed by atoms with van der Waals surface area (Å²) in [5.74, 6) is 0.922. The number of fused-ring (bicyclic) bond motifs is 2. The van der Waals surface area contributed by atoms with Crippen LogP contribution in [0, 0.1) is 6.92 Å². The molecule has 2 heteroatoms. The number of hydrogen-bond acceptors (Lipinski definition) is 1. The lowest BCUT2D eigenvalue weighted by atomic mass is 9.96. The molecule has 0 radical (unpaired) electrons. The Balaban J connectivity index is 1.98. The monoisotopic (exact) mass is 388 g/mol. The number of furan rings is 1. The summed E-state index contributed by atoms with van der Waals surface area (Å²) < 4.78 is 7.01. The van der Waals surface area contributed by atoms with E-state index in [9.17, 15) is 0 Å². The van der Waals surface area contributed by atoms with Gasteiger partial charge in [0.2, 0.25) is 0 Å². The van der Waals surface area contributed by atoms with Crippen LogP contribution in [0.4, 0.5) is 0 Å². The van der Waals surface area contributed by atoms with Gasteiger partial charge in [-0.15, -0.1) is 0 Å². The number of hydrogen-bond donors (Lipinski definition) is 0. The van der Waals surface area contributed by atoms with Crippen molar-refractivity contribution in [3.63, 3.8) is 0 Å². The fourth-order valence-corrected chi connectivity index (χ4v) is 3.77. The van der Waals surface area contributed by atoms with E-state index in [-0.39, 0.29) is 0 Å². The Morgan fingerprint density at radius 3 is 2.56 bits per heavy atom. The highest BCUT2D eigenvalue weighted by Gasteiger charge is 2.12. The molecule has 0 fully saturated rings. The molecule has 0 atom stereocenters. The zero-order valence-electron chi connectivity index (χ0n) is 13.9. The first-order valence-corrected chi connectivity index (χ1v) is 8.98. The summed E-state index contributed by atoms with van der Waals surface area (Å²) >= 11 is 3.65. The van der Waals surface area contributed by atoms with Crippen LogP contribution in [0.5, 0.6) is 0 Å². The van der Waals surface area contributed by atoms with E-state index in [0.29, 0.717) is 0 Å². The lowest BCUT2D eigenvalue weighted by Crippen LogP contribution is -1.83. The largest absolute Gasteiger partial charge is 0.461 e. The highest BCUT2D eigenvalue weighted by molar-refractivity contribution is 9.10. The van der Waals surface area contributed by atoms with Gasteiger partial charge in [-0.25, -0.2) is 0 Å². The highest BCUT2D eigenvalue weighted by Crippen LogP contribution is 2.36. The van der Waals surface area contributed by atoms with Crippen molar-refractivity contribution < 1.29 is 4.42 Å². The molecule has 0 aliphatic carbocycles. The number of rotatable bonds is 3. The van der Waals surface area contributed by atoms with Crippen LogP contribution in [0.1, 0.15) is 11.3 Å². The van der Waals surface area contributed by atoms with Gasteiger partial charge >= 0.3 is 0 Å². The maximum Gasteiger partial charge on any atom is 0.134 e. The molecule has 0 saturated heterocycles. The molecule has 1 aromatic heterocycles. The molecule has 0 saturated carbocycles. The SMILES string of the molecule is C=C/C=C\c1c(C)oc2ccc(-c3ccc(Br)c4ccccc34)cc12. The van der Waals surface area contributed by atoms with Crippen molar-refractivity contribution in [2.45, 2.75) is 6.92 Å². The Kier molecular flexibility index (Phi) is 4.06. The molecule has 0 bridgehead atoms. The molecule has 0 unspecified atom stereocenters. The number of benzene rings is 3. The van der Waals surface area contributed by atoms with Crippen LogP contribution >= 0.6 is 15.9 Å². The van der Waals surface area contributed by atoms with E-state index < -0.39 is 0 Å². The van der Waals surface area contributed by atoms with Gasteiger partial charge in [0.05, 0.1) is 0 Å². The molecular formula is C23H17BrO. The van der Waals surface area contributed by atoms with Crippen LogP contribution in [0.25, 0.3) is 38.9 Å². The van der Waals surface area contributed by atoms with E-state index in [1.807, 2.05) is 13.0 Å². The van der Waals surface area contributed by atoms with Gasteiger partial charge < -0.3 is 4.42 Å². The molecule has 4 aromatic rings. The van der Waals surface area contributed by atoms with Crippen LogP contribution < -0.4 is 0 Å². The summed E-state index contributed by atoms with van der Waals surface area (Å²) in [5.41, 5.74) is 4.42. The topological polar surface area (TPSA) is 13.1 Å². The van der Waals surface area contributed by atoms with Gasteiger partial charge in [-0.1, -0.05) is 77.1 Å². The Morgan fingerprint density at radius 2 is 1.76 bits per heavy atom. The normalized spacial score (nSPS) is 11.6. The number of allylic oxidation sites excluding steroid dienone is 2. The molecule has 0 aliphatic rings. The maximum absolute atomic E-state index is 5.90. The third-order valence-corrected chi connectivity index (χ3v) is 5.18. The van der Waals surface area contributed by atoms with E-state index in [1.54, 1.807) is 6.08 Å². The first kappa shape index (κ1) is 15.9. The summed E-state index contributed by atoms with van der Waals surface area (Å²) in [6.07, 6.45) is 5.78. The highest BCUT2D eigenvalue weighted by atomic mass is 79.9. The minimum absolute atomic E-state index is 0.909. The molecule has 25 heavy (non-hydrogen) atoms. The third kappa shape index (κ3) is 2.73. The van der Waals surface area contributed by atoms with E-state index in [2.05, 4.69) is 83.2 Å². The third-order valence-electron chi connectivity index (χ3n) is 4.49. The van der Waals surface area contributed by atoms with Gasteiger partial charge in [0.25, 0.3) is 0 Å². The fourth-order valence-electron chi connectivity index (χ4n) is 3.29. The van der Waals surface area contributed by atoms with Gasteiger partial charge in [-0.3, -0.25) is 0 Å². The standard InChI is InChI=1S/C23H17BrO/c1-3-4-7-17-15(2)25-23-13-10-16(14-21(17)23)18-11-12-22(24)20-9-6-5-8-19(18)20/h3-14H,1H2,2H3/b7-4-. The van der Waals surface area contributed by atoms with E-state index in [0.717, 1.165) is 26.8 Å². The second kappa shape index (κ2) is 6.38. The van der Waals surface area contributed by atoms with Gasteiger partial charge in [0, 0.05) is 15.4 Å². The van der Waals surface area contributed by atoms with Gasteiger partial charge in [0.1, 0.15) is 11.3 Å². The summed E-state index contributed by atoms with van der Waals surface area (Å²) in [4.78, 5) is 0. The second-order valence-corrected chi connectivity index (χ2v) is 6.87. The first-order valence-electron chi connectivity index (χ1n) is 8.19. The summed E-state index contributed by atoms with van der Waals surface area (Å²) in [6, 6.07) is 19.1. The zero-order valence-corrected chi connectivity index (χ0v) is 15.5. The quantitative estimate of drug-likeness (QED) is 0.330. The fraction of sp³-hybridized carbons (Fsp3) is 0.0435. The Bertz CT molecular complexity index is 1130. The van der Waals surface area contributed by atoms with Gasteiger partial charge in [-0.05, 0) is 47.0 Å². The minimum atomic E-state index is 0.909. The average Bonchev–Trinajstić information content (AvgIpc) is 2.95. The lowest BCUT2D eigenvalue weighted by Gasteiger charge is -2.09. The second-order valence-electron chi connectivity index (χ2n) is 6.02. The molecule has 1 heterocycles. The van der Waals surface area contributed by atoms with Crippen molar-refractivity contribution in [2.24, 2.45) is 0 Å². The predicted molar refractivity (Wildman–Crippen MR) is 111 cm³/mol. The molecule has 3 aromatic carbocycles.